The van der Waals surface area contributed by atoms with Gasteiger partial charge in [-0.3, -0.25) is 14.5 Å². The Labute approximate surface area is 148 Å². The highest BCUT2D eigenvalue weighted by molar-refractivity contribution is 5.85. The van der Waals surface area contributed by atoms with Gasteiger partial charge in [-0.15, -0.1) is 12.4 Å². The molecule has 6 nitrogen and oxygen atoms in total. The first-order valence-corrected chi connectivity index (χ1v) is 8.00. The van der Waals surface area contributed by atoms with Crippen LogP contribution in [0.25, 0.3) is 0 Å². The molecule has 0 aromatic heterocycles. The molecule has 1 heterocycles. The fraction of sp³-hybridized carbons (Fsp3) is 0.529. The van der Waals surface area contributed by atoms with Gasteiger partial charge in [0.2, 0.25) is 5.91 Å². The number of hydrogen-bond donors (Lipinski definition) is 2. The van der Waals surface area contributed by atoms with E-state index in [4.69, 9.17) is 9.84 Å². The van der Waals surface area contributed by atoms with E-state index in [1.807, 2.05) is 31.2 Å². The molecule has 1 aromatic rings. The number of halogens is 1. The lowest BCUT2D eigenvalue weighted by Gasteiger charge is -2.20. The molecule has 2 N–H and O–H groups in total. The Morgan fingerprint density at radius 2 is 2.04 bits per heavy atom. The van der Waals surface area contributed by atoms with Crippen molar-refractivity contribution in [2.45, 2.75) is 39.0 Å². The molecule has 2 rings (SSSR count). The number of carboxylic acids is 1. The Balaban J connectivity index is 0.00000288. The Hall–Kier alpha value is -1.63. The zero-order valence-corrected chi connectivity index (χ0v) is 14.7. The van der Waals surface area contributed by atoms with E-state index in [-0.39, 0.29) is 24.9 Å². The molecule has 134 valence electrons. The van der Waals surface area contributed by atoms with Crippen LogP contribution in [0.5, 0.6) is 0 Å². The maximum Gasteiger partial charge on any atom is 0.320 e. The first-order valence-electron chi connectivity index (χ1n) is 8.00. The molecule has 1 fully saturated rings. The van der Waals surface area contributed by atoms with Crippen molar-refractivity contribution in [2.24, 2.45) is 0 Å². The van der Waals surface area contributed by atoms with Crippen molar-refractivity contribution in [3.05, 3.63) is 35.4 Å². The van der Waals surface area contributed by atoms with E-state index in [1.54, 1.807) is 4.90 Å². The number of hydrogen-bond acceptors (Lipinski definition) is 4. The average Bonchev–Trinajstić information content (AvgIpc) is 3.00. The maximum absolute atomic E-state index is 12.1. The molecular formula is C17H25ClN2O4. The fourth-order valence-corrected chi connectivity index (χ4v) is 2.81. The zero-order valence-electron chi connectivity index (χ0n) is 13.9. The van der Waals surface area contributed by atoms with E-state index >= 15 is 0 Å². The summed E-state index contributed by atoms with van der Waals surface area (Å²) in [5.74, 6) is -0.998. The van der Waals surface area contributed by atoms with E-state index < -0.39 is 12.0 Å². The number of ether oxygens (including phenoxy) is 1. The Morgan fingerprint density at radius 1 is 1.33 bits per heavy atom. The predicted molar refractivity (Wildman–Crippen MR) is 93.1 cm³/mol. The number of likely N-dealkylation sites (tertiary alicyclic amines) is 1. The van der Waals surface area contributed by atoms with Crippen molar-refractivity contribution in [3.8, 4) is 0 Å². The standard InChI is InChI=1S/C17H24N2O4.ClH/c1-2-23-12-14-7-4-3-6-13(14)10-18-16(20)11-19-9-5-8-15(19)17(21)22;/h3-4,6-7,15H,2,5,8-12H2,1H3,(H,18,20)(H,21,22);1H. The number of carbonyl (C=O) groups excluding carboxylic acids is 1. The molecule has 1 amide bonds. The average molecular weight is 357 g/mol. The number of amides is 1. The van der Waals surface area contributed by atoms with Gasteiger partial charge in [-0.25, -0.2) is 0 Å². The Bertz CT molecular complexity index is 553. The molecule has 1 saturated heterocycles. The van der Waals surface area contributed by atoms with Crippen LogP contribution in [0.3, 0.4) is 0 Å². The summed E-state index contributed by atoms with van der Waals surface area (Å²) < 4.78 is 5.43. The van der Waals surface area contributed by atoms with Crippen LogP contribution >= 0.6 is 12.4 Å². The highest BCUT2D eigenvalue weighted by Gasteiger charge is 2.31. The van der Waals surface area contributed by atoms with Gasteiger partial charge in [0, 0.05) is 13.2 Å². The minimum absolute atomic E-state index is 0. The van der Waals surface area contributed by atoms with Crippen LogP contribution < -0.4 is 5.32 Å². The molecule has 0 radical (unpaired) electrons. The lowest BCUT2D eigenvalue weighted by molar-refractivity contribution is -0.142. The smallest absolute Gasteiger partial charge is 0.320 e. The highest BCUT2D eigenvalue weighted by Crippen LogP contribution is 2.16. The molecule has 0 saturated carbocycles. The van der Waals surface area contributed by atoms with Crippen molar-refractivity contribution < 1.29 is 19.4 Å². The minimum Gasteiger partial charge on any atom is -0.480 e. The summed E-state index contributed by atoms with van der Waals surface area (Å²) in [6, 6.07) is 7.29. The second kappa shape index (κ2) is 10.3. The molecule has 1 aliphatic rings. The van der Waals surface area contributed by atoms with Gasteiger partial charge >= 0.3 is 5.97 Å². The van der Waals surface area contributed by atoms with Gasteiger partial charge in [-0.05, 0) is 37.4 Å². The summed E-state index contributed by atoms with van der Waals surface area (Å²) in [5, 5.41) is 12.0. The zero-order chi connectivity index (χ0) is 16.7. The molecule has 7 heteroatoms. The van der Waals surface area contributed by atoms with E-state index in [9.17, 15) is 9.59 Å². The first-order chi connectivity index (χ1) is 11.1. The molecule has 0 spiro atoms. The summed E-state index contributed by atoms with van der Waals surface area (Å²) in [6.45, 7) is 4.32. The summed E-state index contributed by atoms with van der Waals surface area (Å²) >= 11 is 0. The topological polar surface area (TPSA) is 78.9 Å². The van der Waals surface area contributed by atoms with Crippen LogP contribution in [-0.2, 0) is 27.5 Å². The predicted octanol–water partition coefficient (Wildman–Crippen LogP) is 1.81. The van der Waals surface area contributed by atoms with Gasteiger partial charge in [0.25, 0.3) is 0 Å². The lowest BCUT2D eigenvalue weighted by Crippen LogP contribution is -2.42. The second-order valence-electron chi connectivity index (χ2n) is 5.65. The second-order valence-corrected chi connectivity index (χ2v) is 5.65. The van der Waals surface area contributed by atoms with Crippen molar-refractivity contribution in [3.63, 3.8) is 0 Å². The molecule has 1 unspecified atom stereocenters. The molecule has 24 heavy (non-hydrogen) atoms. The van der Waals surface area contributed by atoms with E-state index in [0.717, 1.165) is 17.5 Å². The molecule has 0 aliphatic carbocycles. The molecule has 1 aromatic carbocycles. The Morgan fingerprint density at radius 3 is 2.71 bits per heavy atom. The third kappa shape index (κ3) is 5.78. The van der Waals surface area contributed by atoms with Crippen LogP contribution in [0.2, 0.25) is 0 Å². The van der Waals surface area contributed by atoms with Gasteiger partial charge < -0.3 is 15.2 Å². The van der Waals surface area contributed by atoms with Crippen LogP contribution in [0.1, 0.15) is 30.9 Å². The molecule has 0 bridgehead atoms. The minimum atomic E-state index is -0.850. The number of nitrogens with one attached hydrogen (secondary N) is 1. The van der Waals surface area contributed by atoms with Crippen LogP contribution in [-0.4, -0.2) is 47.6 Å². The van der Waals surface area contributed by atoms with Crippen molar-refractivity contribution in [2.75, 3.05) is 19.7 Å². The summed E-state index contributed by atoms with van der Waals surface area (Å²) in [4.78, 5) is 24.9. The normalized spacial score (nSPS) is 17.3. The largest absolute Gasteiger partial charge is 0.480 e. The van der Waals surface area contributed by atoms with Gasteiger partial charge in [-0.2, -0.15) is 0 Å². The highest BCUT2D eigenvalue weighted by atomic mass is 35.5. The maximum atomic E-state index is 12.1. The monoisotopic (exact) mass is 356 g/mol. The molecule has 1 atom stereocenters. The lowest BCUT2D eigenvalue weighted by atomic mass is 10.1. The van der Waals surface area contributed by atoms with Crippen molar-refractivity contribution >= 4 is 24.3 Å². The van der Waals surface area contributed by atoms with Gasteiger partial charge in [0.15, 0.2) is 0 Å². The Kier molecular flexibility index (Phi) is 8.74. The summed E-state index contributed by atoms with van der Waals surface area (Å²) in [7, 11) is 0. The van der Waals surface area contributed by atoms with Gasteiger partial charge in [0.1, 0.15) is 6.04 Å². The van der Waals surface area contributed by atoms with Crippen LogP contribution in [0, 0.1) is 0 Å². The number of benzene rings is 1. The van der Waals surface area contributed by atoms with Crippen molar-refractivity contribution in [1.29, 1.82) is 0 Å². The van der Waals surface area contributed by atoms with Crippen LogP contribution in [0.15, 0.2) is 24.3 Å². The summed E-state index contributed by atoms with van der Waals surface area (Å²) in [5.41, 5.74) is 2.07. The van der Waals surface area contributed by atoms with Crippen molar-refractivity contribution in [1.82, 2.24) is 10.2 Å². The van der Waals surface area contributed by atoms with E-state index in [2.05, 4.69) is 5.32 Å². The number of nitrogens with zero attached hydrogens (tertiary/aromatic N) is 1. The van der Waals surface area contributed by atoms with E-state index in [1.165, 1.54) is 0 Å². The summed E-state index contributed by atoms with van der Waals surface area (Å²) in [6.07, 6.45) is 1.43. The number of carbonyl (C=O) groups is 2. The third-order valence-corrected chi connectivity index (χ3v) is 4.05. The molecular weight excluding hydrogens is 332 g/mol. The first kappa shape index (κ1) is 20.4. The van der Waals surface area contributed by atoms with E-state index in [0.29, 0.717) is 32.7 Å². The SMILES string of the molecule is CCOCc1ccccc1CNC(=O)CN1CCCC1C(=O)O.Cl. The van der Waals surface area contributed by atoms with Gasteiger partial charge in [0.05, 0.1) is 13.2 Å². The number of rotatable bonds is 8. The van der Waals surface area contributed by atoms with Gasteiger partial charge in [-0.1, -0.05) is 24.3 Å². The number of carboxylic acid groups (broad SMARTS) is 1. The molecule has 1 aliphatic heterocycles. The third-order valence-electron chi connectivity index (χ3n) is 4.05. The fourth-order valence-electron chi connectivity index (χ4n) is 2.81. The van der Waals surface area contributed by atoms with Crippen LogP contribution in [0.4, 0.5) is 0 Å². The quantitative estimate of drug-likeness (QED) is 0.742. The number of aliphatic carboxylic acids is 1.